The molecule has 0 aromatic carbocycles. The Balaban J connectivity index is 0.000000430. The molecule has 2 aromatic rings. The van der Waals surface area contributed by atoms with Crippen LogP contribution in [-0.4, -0.2) is 92.2 Å². The summed E-state index contributed by atoms with van der Waals surface area (Å²) in [5, 5.41) is 21.4. The van der Waals surface area contributed by atoms with E-state index in [2.05, 4.69) is 35.9 Å². The van der Waals surface area contributed by atoms with Crippen LogP contribution in [0.5, 0.6) is 0 Å². The number of carboxylic acids is 3. The third kappa shape index (κ3) is 12.9. The second kappa shape index (κ2) is 16.3. The maximum absolute atomic E-state index is 12.6. The summed E-state index contributed by atoms with van der Waals surface area (Å²) in [4.78, 5) is 52.7. The lowest BCUT2D eigenvalue weighted by molar-refractivity contribution is -0.193. The summed E-state index contributed by atoms with van der Waals surface area (Å²) < 4.78 is 95.2. The Bertz CT molecular complexity index is 1310. The van der Waals surface area contributed by atoms with Crippen molar-refractivity contribution in [3.63, 3.8) is 0 Å². The number of aliphatic carboxylic acids is 3. The van der Waals surface area contributed by atoms with Crippen molar-refractivity contribution in [3.8, 4) is 0 Å². The number of hydrogen-bond acceptors (Lipinski definition) is 7. The number of likely N-dealkylation sites (tertiary alicyclic amines) is 1. The summed E-state index contributed by atoms with van der Waals surface area (Å²) in [5.74, 6) is -7.59. The van der Waals surface area contributed by atoms with Crippen LogP contribution in [0.15, 0.2) is 42.9 Å². The lowest BCUT2D eigenvalue weighted by Gasteiger charge is -2.26. The fraction of sp³-hybridized carbons (Fsp3) is 0.481. The van der Waals surface area contributed by atoms with Gasteiger partial charge in [-0.05, 0) is 36.1 Å². The molecular formula is C27H29F9N4O7. The number of anilines is 1. The quantitative estimate of drug-likeness (QED) is 0.376. The van der Waals surface area contributed by atoms with E-state index in [9.17, 15) is 44.3 Å². The Morgan fingerprint density at radius 3 is 1.74 bits per heavy atom. The van der Waals surface area contributed by atoms with Gasteiger partial charge in [0.2, 0.25) is 5.91 Å². The summed E-state index contributed by atoms with van der Waals surface area (Å²) >= 11 is 0. The van der Waals surface area contributed by atoms with E-state index in [0.29, 0.717) is 12.3 Å². The average Bonchev–Trinajstić information content (AvgIpc) is 3.50. The lowest BCUT2D eigenvalue weighted by atomic mass is 9.85. The highest BCUT2D eigenvalue weighted by molar-refractivity contribution is 5.77. The third-order valence-electron chi connectivity index (χ3n) is 6.24. The molecule has 4 rings (SSSR count). The van der Waals surface area contributed by atoms with Gasteiger partial charge in [-0.25, -0.2) is 14.4 Å². The van der Waals surface area contributed by atoms with Gasteiger partial charge in [0.25, 0.3) is 0 Å². The number of rotatable bonds is 4. The molecule has 0 saturated carbocycles. The second-order valence-electron chi connectivity index (χ2n) is 10.4. The van der Waals surface area contributed by atoms with Gasteiger partial charge in [0.15, 0.2) is 0 Å². The van der Waals surface area contributed by atoms with E-state index < -0.39 is 36.4 Å². The SMILES string of the molecule is CC(C)CC(=O)N1CCC2(C1)CN(Cc1cccnc1)c1cccnc12.O=C(O)C(F)(F)F.O=C(O)C(F)(F)F.O=C(O)C(F)(F)F. The van der Waals surface area contributed by atoms with Crippen molar-refractivity contribution < 1.29 is 74.0 Å². The van der Waals surface area contributed by atoms with Gasteiger partial charge in [-0.2, -0.15) is 39.5 Å². The highest BCUT2D eigenvalue weighted by Gasteiger charge is 2.49. The minimum absolute atomic E-state index is 0.0363. The standard InChI is InChI=1S/C21H26N4O.3C2HF3O2/c1-16(2)11-19(26)24-10-7-21(14-24)15-25(13-17-5-3-8-22-12-17)18-6-4-9-23-20(18)21;3*3-2(4,5)1(6)7/h3-6,8-9,12,16H,7,10-11,13-15H2,1-2H3;3*(H,6,7). The summed E-state index contributed by atoms with van der Waals surface area (Å²) in [6.45, 7) is 7.57. The van der Waals surface area contributed by atoms with Crippen LogP contribution < -0.4 is 4.90 Å². The first-order valence-electron chi connectivity index (χ1n) is 13.2. The third-order valence-corrected chi connectivity index (χ3v) is 6.24. The zero-order valence-electron chi connectivity index (χ0n) is 24.5. The number of carboxylic acid groups (broad SMARTS) is 3. The fourth-order valence-electron chi connectivity index (χ4n) is 4.33. The summed E-state index contributed by atoms with van der Waals surface area (Å²) in [6, 6.07) is 8.26. The number of carbonyl (C=O) groups is 4. The lowest BCUT2D eigenvalue weighted by Crippen LogP contribution is -2.38. The van der Waals surface area contributed by atoms with Gasteiger partial charge >= 0.3 is 36.4 Å². The summed E-state index contributed by atoms with van der Waals surface area (Å²) in [5.41, 5.74) is 3.52. The maximum Gasteiger partial charge on any atom is 0.490 e. The normalized spacial score (nSPS) is 17.0. The van der Waals surface area contributed by atoms with E-state index >= 15 is 0 Å². The molecule has 2 aromatic heterocycles. The molecule has 1 atom stereocenters. The average molecular weight is 693 g/mol. The van der Waals surface area contributed by atoms with Crippen molar-refractivity contribution in [3.05, 3.63) is 54.1 Å². The van der Waals surface area contributed by atoms with E-state index in [4.69, 9.17) is 34.7 Å². The van der Waals surface area contributed by atoms with E-state index in [0.717, 1.165) is 38.3 Å². The molecule has 20 heteroatoms. The molecule has 1 fully saturated rings. The topological polar surface area (TPSA) is 161 Å². The number of nitrogens with zero attached hydrogens (tertiary/aromatic N) is 4. The predicted molar refractivity (Wildman–Crippen MR) is 143 cm³/mol. The molecule has 2 aliphatic rings. The molecule has 4 heterocycles. The first kappa shape index (κ1) is 40.4. The van der Waals surface area contributed by atoms with Crippen LogP contribution in [0.4, 0.5) is 45.2 Å². The Hall–Kier alpha value is -4.65. The van der Waals surface area contributed by atoms with Crippen LogP contribution in [0.1, 0.15) is 37.9 Å². The summed E-state index contributed by atoms with van der Waals surface area (Å²) in [7, 11) is 0. The zero-order chi connectivity index (χ0) is 36.4. The van der Waals surface area contributed by atoms with E-state index in [1.807, 2.05) is 29.4 Å². The monoisotopic (exact) mass is 692 g/mol. The predicted octanol–water partition coefficient (Wildman–Crippen LogP) is 4.91. The van der Waals surface area contributed by atoms with Gasteiger partial charge in [-0.1, -0.05) is 19.9 Å². The van der Waals surface area contributed by atoms with Crippen molar-refractivity contribution in [1.82, 2.24) is 14.9 Å². The number of pyridine rings is 2. The second-order valence-corrected chi connectivity index (χ2v) is 10.4. The largest absolute Gasteiger partial charge is 0.490 e. The highest BCUT2D eigenvalue weighted by atomic mass is 19.4. The van der Waals surface area contributed by atoms with Crippen molar-refractivity contribution in [2.45, 2.75) is 57.2 Å². The van der Waals surface area contributed by atoms with Gasteiger partial charge in [0, 0.05) is 51.2 Å². The van der Waals surface area contributed by atoms with Crippen LogP contribution in [0.25, 0.3) is 0 Å². The van der Waals surface area contributed by atoms with Gasteiger partial charge in [0.05, 0.1) is 16.8 Å². The number of amides is 1. The van der Waals surface area contributed by atoms with Gasteiger partial charge < -0.3 is 25.1 Å². The Kier molecular flexibility index (Phi) is 14.0. The van der Waals surface area contributed by atoms with Crippen molar-refractivity contribution in [1.29, 1.82) is 0 Å². The Morgan fingerprint density at radius 2 is 1.32 bits per heavy atom. The number of alkyl halides is 9. The molecule has 1 amide bonds. The first-order valence-corrected chi connectivity index (χ1v) is 13.2. The van der Waals surface area contributed by atoms with Gasteiger partial charge in [-0.3, -0.25) is 14.8 Å². The van der Waals surface area contributed by atoms with E-state index in [1.165, 1.54) is 11.3 Å². The Labute approximate surface area is 260 Å². The van der Waals surface area contributed by atoms with Gasteiger partial charge in [0.1, 0.15) is 0 Å². The maximum atomic E-state index is 12.6. The number of hydrogen-bond donors (Lipinski definition) is 3. The smallest absolute Gasteiger partial charge is 0.475 e. The minimum Gasteiger partial charge on any atom is -0.475 e. The first-order chi connectivity index (χ1) is 21.4. The van der Waals surface area contributed by atoms with E-state index in [1.54, 1.807) is 6.20 Å². The molecule has 1 spiro atoms. The number of aromatic nitrogens is 2. The van der Waals surface area contributed by atoms with Crippen LogP contribution in [-0.2, 0) is 31.1 Å². The highest BCUT2D eigenvalue weighted by Crippen LogP contribution is 2.45. The van der Waals surface area contributed by atoms with Crippen molar-refractivity contribution in [2.75, 3.05) is 24.5 Å². The molecule has 262 valence electrons. The molecule has 0 radical (unpaired) electrons. The molecule has 2 aliphatic heterocycles. The number of halogens is 9. The van der Waals surface area contributed by atoms with E-state index in [-0.39, 0.29) is 11.3 Å². The van der Waals surface area contributed by atoms with Crippen LogP contribution in [0.2, 0.25) is 0 Å². The van der Waals surface area contributed by atoms with Crippen LogP contribution in [0, 0.1) is 5.92 Å². The molecule has 0 aliphatic carbocycles. The molecule has 11 nitrogen and oxygen atoms in total. The molecule has 1 unspecified atom stereocenters. The van der Waals surface area contributed by atoms with Crippen molar-refractivity contribution in [2.24, 2.45) is 5.92 Å². The minimum atomic E-state index is -5.08. The van der Waals surface area contributed by atoms with Crippen molar-refractivity contribution >= 4 is 29.5 Å². The van der Waals surface area contributed by atoms with Crippen LogP contribution in [0.3, 0.4) is 0 Å². The van der Waals surface area contributed by atoms with Gasteiger partial charge in [-0.15, -0.1) is 0 Å². The number of carbonyl (C=O) groups excluding carboxylic acids is 1. The zero-order valence-corrected chi connectivity index (χ0v) is 24.5. The molecule has 3 N–H and O–H groups in total. The van der Waals surface area contributed by atoms with Crippen LogP contribution >= 0.6 is 0 Å². The molecule has 47 heavy (non-hydrogen) atoms. The molecule has 1 saturated heterocycles. The number of fused-ring (bicyclic) bond motifs is 2. The summed E-state index contributed by atoms with van der Waals surface area (Å²) in [6.07, 6.45) is -8.02. The molecule has 0 bridgehead atoms. The molecular weight excluding hydrogens is 663 g/mol. The fourth-order valence-corrected chi connectivity index (χ4v) is 4.33. The Morgan fingerprint density at radius 1 is 0.830 bits per heavy atom.